The van der Waals surface area contributed by atoms with Crippen LogP contribution in [-0.2, 0) is 30.4 Å². The quantitative estimate of drug-likeness (QED) is 0.289. The van der Waals surface area contributed by atoms with Crippen molar-refractivity contribution in [3.8, 4) is 0 Å². The second-order valence-electron chi connectivity index (χ2n) is 8.71. The van der Waals surface area contributed by atoms with Crippen molar-refractivity contribution in [2.75, 3.05) is 6.54 Å². The summed E-state index contributed by atoms with van der Waals surface area (Å²) in [6.07, 6.45) is 0.434. The van der Waals surface area contributed by atoms with Crippen LogP contribution in [0.2, 0.25) is 0 Å². The van der Waals surface area contributed by atoms with Gasteiger partial charge in [0.05, 0.1) is 12.5 Å². The number of likely N-dealkylation sites (tertiary alicyclic amines) is 1. The first-order valence-electron chi connectivity index (χ1n) is 11.2. The molecule has 0 spiro atoms. The number of nitrogens with zero attached hydrogens (tertiary/aromatic N) is 1. The van der Waals surface area contributed by atoms with Crippen molar-refractivity contribution in [1.29, 1.82) is 0 Å². The van der Waals surface area contributed by atoms with Crippen molar-refractivity contribution >= 4 is 29.7 Å². The molecule has 11 heteroatoms. The third-order valence-corrected chi connectivity index (χ3v) is 5.70. The number of rotatable bonds is 11. The summed E-state index contributed by atoms with van der Waals surface area (Å²) >= 11 is 0. The minimum atomic E-state index is -1.50. The van der Waals surface area contributed by atoms with Gasteiger partial charge in [-0.05, 0) is 30.7 Å². The van der Waals surface area contributed by atoms with E-state index in [0.29, 0.717) is 25.8 Å². The predicted molar refractivity (Wildman–Crippen MR) is 121 cm³/mol. The molecule has 4 unspecified atom stereocenters. The van der Waals surface area contributed by atoms with Crippen LogP contribution in [-0.4, -0.2) is 75.5 Å². The molecule has 0 aliphatic carbocycles. The summed E-state index contributed by atoms with van der Waals surface area (Å²) in [7, 11) is 0. The lowest BCUT2D eigenvalue weighted by Crippen LogP contribution is -2.57. The van der Waals surface area contributed by atoms with Crippen molar-refractivity contribution in [2.24, 2.45) is 11.7 Å². The number of hydrogen-bond donors (Lipinski definition) is 5. The highest BCUT2D eigenvalue weighted by molar-refractivity contribution is 5.95. The molecule has 1 aromatic carbocycles. The van der Waals surface area contributed by atoms with E-state index < -0.39 is 66.2 Å². The Kier molecular flexibility index (Phi) is 9.55. The summed E-state index contributed by atoms with van der Waals surface area (Å²) in [5.41, 5.74) is 6.97. The van der Waals surface area contributed by atoms with Crippen molar-refractivity contribution in [3.05, 3.63) is 35.9 Å². The van der Waals surface area contributed by atoms with Crippen LogP contribution in [0.5, 0.6) is 0 Å². The molecule has 186 valence electrons. The Morgan fingerprint density at radius 3 is 2.29 bits per heavy atom. The number of amides is 3. The lowest BCUT2D eigenvalue weighted by Gasteiger charge is -2.28. The van der Waals surface area contributed by atoms with E-state index >= 15 is 0 Å². The van der Waals surface area contributed by atoms with E-state index in [1.165, 1.54) is 4.90 Å². The molecule has 2 rings (SSSR count). The van der Waals surface area contributed by atoms with Gasteiger partial charge in [0.15, 0.2) is 0 Å². The van der Waals surface area contributed by atoms with Gasteiger partial charge in [-0.2, -0.15) is 0 Å². The van der Waals surface area contributed by atoms with Gasteiger partial charge in [0.25, 0.3) is 0 Å². The molecule has 1 aliphatic heterocycles. The Balaban J connectivity index is 2.09. The average molecular weight is 477 g/mol. The van der Waals surface area contributed by atoms with Gasteiger partial charge in [-0.15, -0.1) is 0 Å². The minimum absolute atomic E-state index is 0.292. The van der Waals surface area contributed by atoms with E-state index in [1.54, 1.807) is 13.8 Å². The van der Waals surface area contributed by atoms with E-state index in [0.717, 1.165) is 5.56 Å². The maximum Gasteiger partial charge on any atom is 0.326 e. The molecule has 0 bridgehead atoms. The number of benzene rings is 1. The first-order chi connectivity index (χ1) is 16.0. The van der Waals surface area contributed by atoms with Crippen LogP contribution in [0.15, 0.2) is 30.3 Å². The Labute approximate surface area is 197 Å². The topological polar surface area (TPSA) is 179 Å². The van der Waals surface area contributed by atoms with E-state index in [9.17, 15) is 34.2 Å². The Morgan fingerprint density at radius 2 is 1.74 bits per heavy atom. The second kappa shape index (κ2) is 12.1. The number of hydrogen-bond acceptors (Lipinski definition) is 6. The van der Waals surface area contributed by atoms with Crippen LogP contribution in [0, 0.1) is 5.92 Å². The molecule has 0 radical (unpaired) electrons. The number of carboxylic acids is 2. The van der Waals surface area contributed by atoms with Crippen LogP contribution in [0.4, 0.5) is 0 Å². The summed E-state index contributed by atoms with van der Waals surface area (Å²) < 4.78 is 0. The summed E-state index contributed by atoms with van der Waals surface area (Å²) in [4.78, 5) is 62.5. The molecule has 1 heterocycles. The Morgan fingerprint density at radius 1 is 1.09 bits per heavy atom. The van der Waals surface area contributed by atoms with E-state index in [2.05, 4.69) is 10.6 Å². The van der Waals surface area contributed by atoms with Gasteiger partial charge in [-0.1, -0.05) is 44.2 Å². The molecule has 1 saturated heterocycles. The molecule has 11 nitrogen and oxygen atoms in total. The summed E-state index contributed by atoms with van der Waals surface area (Å²) in [5.74, 6) is -5.10. The van der Waals surface area contributed by atoms with Crippen LogP contribution < -0.4 is 16.4 Å². The van der Waals surface area contributed by atoms with Crippen molar-refractivity contribution < 1.29 is 34.2 Å². The normalized spacial score (nSPS) is 18.1. The van der Waals surface area contributed by atoms with E-state index in [4.69, 9.17) is 5.73 Å². The maximum absolute atomic E-state index is 13.0. The molecule has 0 aromatic heterocycles. The Bertz CT molecular complexity index is 906. The Hall–Kier alpha value is -3.47. The predicted octanol–water partition coefficient (Wildman–Crippen LogP) is -0.268. The standard InChI is InChI=1S/C23H32N4O7/c1-13(2)19(23(33)34)26-20(30)16(12-18(28)29)25-21(31)17-9-6-10-27(17)22(32)15(24)11-14-7-4-3-5-8-14/h3-5,7-8,13,15-17,19H,6,9-12,24H2,1-2H3,(H,25,31)(H,26,30)(H,28,29)(H,33,34). The zero-order chi connectivity index (χ0) is 25.4. The number of aliphatic carboxylic acids is 2. The lowest BCUT2D eigenvalue weighted by atomic mass is 10.0. The molecular weight excluding hydrogens is 444 g/mol. The van der Waals surface area contributed by atoms with Crippen molar-refractivity contribution in [3.63, 3.8) is 0 Å². The smallest absolute Gasteiger partial charge is 0.326 e. The molecule has 4 atom stereocenters. The average Bonchev–Trinajstić information content (AvgIpc) is 3.26. The summed E-state index contributed by atoms with van der Waals surface area (Å²) in [6, 6.07) is 4.69. The monoisotopic (exact) mass is 476 g/mol. The molecule has 6 N–H and O–H groups in total. The second-order valence-corrected chi connectivity index (χ2v) is 8.71. The number of nitrogens with two attached hydrogens (primary N) is 1. The van der Waals surface area contributed by atoms with Crippen LogP contribution >= 0.6 is 0 Å². The first kappa shape index (κ1) is 26.8. The summed E-state index contributed by atoms with van der Waals surface area (Å²) in [5, 5.41) is 23.1. The van der Waals surface area contributed by atoms with Gasteiger partial charge in [-0.25, -0.2) is 4.79 Å². The highest BCUT2D eigenvalue weighted by Gasteiger charge is 2.38. The van der Waals surface area contributed by atoms with Gasteiger partial charge in [0, 0.05) is 6.54 Å². The number of carbonyl (C=O) groups excluding carboxylic acids is 3. The highest BCUT2D eigenvalue weighted by Crippen LogP contribution is 2.19. The third kappa shape index (κ3) is 7.27. The lowest BCUT2D eigenvalue weighted by molar-refractivity contribution is -0.145. The molecule has 0 saturated carbocycles. The number of nitrogens with one attached hydrogen (secondary N) is 2. The highest BCUT2D eigenvalue weighted by atomic mass is 16.4. The summed E-state index contributed by atoms with van der Waals surface area (Å²) in [6.45, 7) is 3.48. The molecule has 3 amide bonds. The van der Waals surface area contributed by atoms with Crippen LogP contribution in [0.25, 0.3) is 0 Å². The van der Waals surface area contributed by atoms with E-state index in [1.807, 2.05) is 30.3 Å². The van der Waals surface area contributed by atoms with Crippen LogP contribution in [0.1, 0.15) is 38.7 Å². The van der Waals surface area contributed by atoms with Gasteiger partial charge in [0.2, 0.25) is 17.7 Å². The van der Waals surface area contributed by atoms with Crippen molar-refractivity contribution in [1.82, 2.24) is 15.5 Å². The fraction of sp³-hybridized carbons (Fsp3) is 0.522. The zero-order valence-electron chi connectivity index (χ0n) is 19.3. The van der Waals surface area contributed by atoms with E-state index in [-0.39, 0.29) is 0 Å². The minimum Gasteiger partial charge on any atom is -0.481 e. The molecule has 1 fully saturated rings. The number of carboxylic acid groups (broad SMARTS) is 2. The number of carbonyl (C=O) groups is 5. The van der Waals surface area contributed by atoms with Gasteiger partial charge in [0.1, 0.15) is 18.1 Å². The van der Waals surface area contributed by atoms with Crippen molar-refractivity contribution in [2.45, 2.75) is 63.7 Å². The fourth-order valence-electron chi connectivity index (χ4n) is 3.89. The molecule has 1 aliphatic rings. The maximum atomic E-state index is 13.0. The van der Waals surface area contributed by atoms with Gasteiger partial charge >= 0.3 is 11.9 Å². The zero-order valence-corrected chi connectivity index (χ0v) is 19.3. The van der Waals surface area contributed by atoms with Crippen LogP contribution in [0.3, 0.4) is 0 Å². The first-order valence-corrected chi connectivity index (χ1v) is 11.2. The SMILES string of the molecule is CC(C)C(NC(=O)C(CC(=O)O)NC(=O)C1CCCN1C(=O)C(N)Cc1ccccc1)C(=O)O. The third-order valence-electron chi connectivity index (χ3n) is 5.70. The molecular formula is C23H32N4O7. The molecule has 1 aromatic rings. The molecule has 34 heavy (non-hydrogen) atoms. The van der Waals surface area contributed by atoms with Gasteiger partial charge in [-0.3, -0.25) is 19.2 Å². The van der Waals surface area contributed by atoms with Gasteiger partial charge < -0.3 is 31.5 Å². The fourth-order valence-corrected chi connectivity index (χ4v) is 3.89. The largest absolute Gasteiger partial charge is 0.481 e.